The Morgan fingerprint density at radius 1 is 1.10 bits per heavy atom. The van der Waals surface area contributed by atoms with Crippen LogP contribution in [-0.4, -0.2) is 39.2 Å². The molecule has 1 aliphatic carbocycles. The summed E-state index contributed by atoms with van der Waals surface area (Å²) in [5, 5.41) is 8.01. The van der Waals surface area contributed by atoms with Crippen LogP contribution >= 0.6 is 11.8 Å². The minimum Gasteiger partial charge on any atom is -0.324 e. The van der Waals surface area contributed by atoms with Crippen molar-refractivity contribution in [3.8, 4) is 0 Å². The topological polar surface area (TPSA) is 88.9 Å². The van der Waals surface area contributed by atoms with E-state index in [1.807, 2.05) is 54.2 Å². The van der Waals surface area contributed by atoms with Crippen molar-refractivity contribution in [3.05, 3.63) is 93.4 Å². The van der Waals surface area contributed by atoms with E-state index in [0.29, 0.717) is 28.8 Å². The van der Waals surface area contributed by atoms with Crippen LogP contribution in [-0.2, 0) is 6.42 Å². The molecule has 8 heteroatoms. The lowest BCUT2D eigenvalue weighted by Gasteiger charge is -2.27. The molecule has 6 rings (SSSR count). The van der Waals surface area contributed by atoms with E-state index in [1.54, 1.807) is 10.8 Å². The van der Waals surface area contributed by atoms with Crippen LogP contribution in [0.2, 0.25) is 0 Å². The van der Waals surface area contributed by atoms with Crippen molar-refractivity contribution in [1.82, 2.24) is 19.9 Å². The molecule has 0 radical (unpaired) electrons. The molecule has 4 aromatic rings. The van der Waals surface area contributed by atoms with E-state index in [4.69, 9.17) is 4.98 Å². The number of aromatic nitrogens is 3. The van der Waals surface area contributed by atoms with Gasteiger partial charge in [-0.05, 0) is 60.9 Å². The molecule has 0 saturated carbocycles. The number of thioether (sulfide) groups is 1. The average molecular weight is 554 g/mol. The Morgan fingerprint density at radius 3 is 2.65 bits per heavy atom. The van der Waals surface area contributed by atoms with Gasteiger partial charge in [-0.1, -0.05) is 50.2 Å². The number of ketones is 1. The Balaban J connectivity index is 1.40. The van der Waals surface area contributed by atoms with Crippen LogP contribution in [0.3, 0.4) is 0 Å². The van der Waals surface area contributed by atoms with Crippen LogP contribution in [0.25, 0.3) is 11.0 Å². The third kappa shape index (κ3) is 5.06. The van der Waals surface area contributed by atoms with Gasteiger partial charge in [0.15, 0.2) is 5.78 Å². The molecule has 2 aliphatic rings. The first-order valence-electron chi connectivity index (χ1n) is 14.3. The highest BCUT2D eigenvalue weighted by Crippen LogP contribution is 2.33. The summed E-state index contributed by atoms with van der Waals surface area (Å²) in [6.07, 6.45) is 4.79. The summed E-state index contributed by atoms with van der Waals surface area (Å²) in [6, 6.07) is 17.4. The molecule has 1 saturated heterocycles. The highest BCUT2D eigenvalue weighted by molar-refractivity contribution is 7.99. The molecule has 206 valence electrons. The van der Waals surface area contributed by atoms with Gasteiger partial charge in [0.05, 0.1) is 0 Å². The zero-order chi connectivity index (χ0) is 27.6. The maximum Gasteiger partial charge on any atom is 0.256 e. The second kappa shape index (κ2) is 11.6. The van der Waals surface area contributed by atoms with Gasteiger partial charge in [0.1, 0.15) is 11.7 Å². The fourth-order valence-electron chi connectivity index (χ4n) is 6.03. The smallest absolute Gasteiger partial charge is 0.256 e. The highest BCUT2D eigenvalue weighted by Gasteiger charge is 2.32. The molecule has 2 atom stereocenters. The maximum absolute atomic E-state index is 14.1. The van der Waals surface area contributed by atoms with Gasteiger partial charge in [0, 0.05) is 52.5 Å². The largest absolute Gasteiger partial charge is 0.324 e. The number of benzene rings is 2. The lowest BCUT2D eigenvalue weighted by atomic mass is 9.86. The Labute approximate surface area is 238 Å². The number of hydrogen-bond acceptors (Lipinski definition) is 7. The minimum atomic E-state index is -0.595. The van der Waals surface area contributed by atoms with Crippen LogP contribution in [0.5, 0.6) is 0 Å². The molecule has 1 aliphatic heterocycles. The predicted octanol–water partition coefficient (Wildman–Crippen LogP) is 6.19. The van der Waals surface area contributed by atoms with Gasteiger partial charge in [-0.2, -0.15) is 16.7 Å². The molecule has 1 fully saturated rings. The first kappa shape index (κ1) is 26.7. The number of carbonyl (C=O) groups excluding carboxylic acids is 1. The van der Waals surface area contributed by atoms with Gasteiger partial charge in [-0.15, -0.1) is 0 Å². The second-order valence-electron chi connectivity index (χ2n) is 10.6. The van der Waals surface area contributed by atoms with Gasteiger partial charge >= 0.3 is 0 Å². The summed E-state index contributed by atoms with van der Waals surface area (Å²) in [4.78, 5) is 37.3. The van der Waals surface area contributed by atoms with E-state index in [1.165, 1.54) is 5.56 Å². The summed E-state index contributed by atoms with van der Waals surface area (Å²) in [5.41, 5.74) is 5.02. The van der Waals surface area contributed by atoms with Gasteiger partial charge in [0.2, 0.25) is 5.95 Å². The third-order valence-electron chi connectivity index (χ3n) is 8.28. The number of fused-ring (bicyclic) bond motifs is 2. The number of pyridine rings is 1. The number of anilines is 2. The van der Waals surface area contributed by atoms with Gasteiger partial charge < -0.3 is 10.6 Å². The molecule has 7 nitrogen and oxygen atoms in total. The fourth-order valence-corrected chi connectivity index (χ4v) is 7.16. The second-order valence-corrected chi connectivity index (χ2v) is 12.0. The molecular weight excluding hydrogens is 518 g/mol. The van der Waals surface area contributed by atoms with Crippen molar-refractivity contribution in [1.29, 1.82) is 0 Å². The Kier molecular flexibility index (Phi) is 7.71. The van der Waals surface area contributed by atoms with Gasteiger partial charge in [-0.25, -0.2) is 4.98 Å². The van der Waals surface area contributed by atoms with Crippen molar-refractivity contribution in [2.45, 2.75) is 56.7 Å². The molecule has 2 aromatic heterocycles. The third-order valence-corrected chi connectivity index (χ3v) is 9.56. The number of rotatable bonds is 7. The van der Waals surface area contributed by atoms with Crippen LogP contribution in [0, 0.1) is 0 Å². The summed E-state index contributed by atoms with van der Waals surface area (Å²) in [6.45, 7) is 6.24. The first-order chi connectivity index (χ1) is 19.6. The number of hydrogen-bond donors (Lipinski definition) is 2. The van der Waals surface area contributed by atoms with Crippen LogP contribution in [0.1, 0.15) is 77.4 Å². The summed E-state index contributed by atoms with van der Waals surface area (Å²) in [5.74, 6) is 1.61. The monoisotopic (exact) mass is 553 g/mol. The molecule has 40 heavy (non-hydrogen) atoms. The standard InChI is InChI=1S/C32H35N5O2S/c1-3-20(4-2)26-17-23-18-34-32(35-24-12-9-22(10-13-24)28-19-33-15-16-40-28)36-30(23)37(31(26)39)27-14-11-21-7-5-6-8-25(21)29(27)38/h5-10,12-13,17-18,20,27-28,33H,3-4,11,14-16,19H2,1-2H3,(H,34,35,36). The molecule has 2 N–H and O–H groups in total. The Morgan fingerprint density at radius 2 is 1.90 bits per heavy atom. The quantitative estimate of drug-likeness (QED) is 0.282. The summed E-state index contributed by atoms with van der Waals surface area (Å²) in [7, 11) is 0. The maximum atomic E-state index is 14.1. The number of nitrogens with zero attached hydrogens (tertiary/aromatic N) is 3. The van der Waals surface area contributed by atoms with Crippen molar-refractivity contribution in [2.75, 3.05) is 24.2 Å². The van der Waals surface area contributed by atoms with Crippen LogP contribution in [0.4, 0.5) is 11.6 Å². The van der Waals surface area contributed by atoms with E-state index in [2.05, 4.69) is 41.6 Å². The van der Waals surface area contributed by atoms with E-state index in [0.717, 1.165) is 60.3 Å². The van der Waals surface area contributed by atoms with Crippen LogP contribution in [0.15, 0.2) is 65.6 Å². The molecule has 0 spiro atoms. The first-order valence-corrected chi connectivity index (χ1v) is 15.4. The molecule has 3 heterocycles. The zero-order valence-electron chi connectivity index (χ0n) is 23.0. The van der Waals surface area contributed by atoms with E-state index < -0.39 is 6.04 Å². The molecule has 0 bridgehead atoms. The van der Waals surface area contributed by atoms with Crippen molar-refractivity contribution < 1.29 is 4.79 Å². The summed E-state index contributed by atoms with van der Waals surface area (Å²) >= 11 is 1.98. The van der Waals surface area contributed by atoms with Crippen LogP contribution < -0.4 is 16.2 Å². The highest BCUT2D eigenvalue weighted by atomic mass is 32.2. The van der Waals surface area contributed by atoms with E-state index >= 15 is 0 Å². The zero-order valence-corrected chi connectivity index (χ0v) is 23.8. The normalized spacial score (nSPS) is 19.1. The van der Waals surface area contributed by atoms with E-state index in [-0.39, 0.29) is 17.3 Å². The predicted molar refractivity (Wildman–Crippen MR) is 163 cm³/mol. The number of aryl methyl sites for hydroxylation is 1. The van der Waals surface area contributed by atoms with Gasteiger partial charge in [0.25, 0.3) is 5.56 Å². The molecule has 0 amide bonds. The van der Waals surface area contributed by atoms with Gasteiger partial charge in [-0.3, -0.25) is 14.2 Å². The van der Waals surface area contributed by atoms with Crippen molar-refractivity contribution >= 4 is 40.2 Å². The number of carbonyl (C=O) groups is 1. The van der Waals surface area contributed by atoms with Crippen molar-refractivity contribution in [2.24, 2.45) is 0 Å². The number of Topliss-reactive ketones (excluding diaryl/α,β-unsaturated/α-hetero) is 1. The lowest BCUT2D eigenvalue weighted by molar-refractivity contribution is 0.0908. The SMILES string of the molecule is CCC(CC)c1cc2cnc(Nc3ccc(C4CNCCS4)cc3)nc2n(C2CCc3ccccc3C2=O)c1=O. The number of nitrogens with one attached hydrogen (secondary N) is 2. The minimum absolute atomic E-state index is 0.0225. The van der Waals surface area contributed by atoms with Crippen molar-refractivity contribution in [3.63, 3.8) is 0 Å². The molecular formula is C32H35N5O2S. The summed E-state index contributed by atoms with van der Waals surface area (Å²) < 4.78 is 1.66. The molecule has 2 aromatic carbocycles. The fraction of sp³-hybridized carbons (Fsp3) is 0.375. The van der Waals surface area contributed by atoms with E-state index in [9.17, 15) is 9.59 Å². The Hall–Kier alpha value is -3.49. The Bertz CT molecular complexity index is 1590. The molecule has 2 unspecified atom stereocenters. The average Bonchev–Trinajstić information content (AvgIpc) is 3.00. The lowest BCUT2D eigenvalue weighted by Crippen LogP contribution is -2.36.